The number of rotatable bonds is 1. The Hall–Kier alpha value is -1.45. The van der Waals surface area contributed by atoms with Gasteiger partial charge in [0.05, 0.1) is 6.08 Å². The van der Waals surface area contributed by atoms with Crippen molar-refractivity contribution in [3.05, 3.63) is 23.6 Å². The number of ether oxygens (including phenoxy) is 2. The molecule has 0 bridgehead atoms. The van der Waals surface area contributed by atoms with Crippen LogP contribution in [0.1, 0.15) is 20.8 Å². The Bertz CT molecular complexity index is 285. The molecule has 2 N–H and O–H groups in total. The van der Waals surface area contributed by atoms with Gasteiger partial charge in [-0.2, -0.15) is 0 Å². The number of hydrogen-bond acceptors (Lipinski definition) is 4. The molecule has 0 saturated carbocycles. The Morgan fingerprint density at radius 3 is 2.62 bits per heavy atom. The van der Waals surface area contributed by atoms with Gasteiger partial charge in [-0.3, -0.25) is 0 Å². The Labute approximate surface area is 77.0 Å². The summed E-state index contributed by atoms with van der Waals surface area (Å²) in [6.45, 7) is 5.05. The first-order chi connectivity index (χ1) is 5.89. The van der Waals surface area contributed by atoms with Gasteiger partial charge in [0, 0.05) is 19.5 Å². The van der Waals surface area contributed by atoms with Crippen LogP contribution in [0.3, 0.4) is 0 Å². The van der Waals surface area contributed by atoms with Gasteiger partial charge in [-0.05, 0) is 13.0 Å². The number of nitrogens with two attached hydrogens (primary N) is 1. The predicted octanol–water partition coefficient (Wildman–Crippen LogP) is 1.04. The summed E-state index contributed by atoms with van der Waals surface area (Å²) in [4.78, 5) is 11.0. The summed E-state index contributed by atoms with van der Waals surface area (Å²) in [5, 5.41) is 0. The first kappa shape index (κ1) is 9.64. The van der Waals surface area contributed by atoms with Gasteiger partial charge in [-0.1, -0.05) is 0 Å². The van der Waals surface area contributed by atoms with Crippen LogP contribution in [0.15, 0.2) is 23.6 Å². The van der Waals surface area contributed by atoms with Crippen LogP contribution in [0.25, 0.3) is 0 Å². The van der Waals surface area contributed by atoms with Crippen LogP contribution in [-0.4, -0.2) is 11.8 Å². The summed E-state index contributed by atoms with van der Waals surface area (Å²) < 4.78 is 10.2. The van der Waals surface area contributed by atoms with E-state index in [0.29, 0.717) is 11.5 Å². The average molecular weight is 183 g/mol. The topological polar surface area (TPSA) is 61.6 Å². The molecule has 4 nitrogen and oxygen atoms in total. The molecule has 0 spiro atoms. The van der Waals surface area contributed by atoms with Gasteiger partial charge in [-0.15, -0.1) is 0 Å². The highest BCUT2D eigenvalue weighted by Gasteiger charge is 2.29. The number of carbonyl (C=O) groups excluding carboxylic acids is 1. The van der Waals surface area contributed by atoms with Gasteiger partial charge in [-0.25, -0.2) is 4.79 Å². The number of hydrogen-bond donors (Lipinski definition) is 1. The third-order valence-electron chi connectivity index (χ3n) is 1.34. The van der Waals surface area contributed by atoms with Crippen molar-refractivity contribution in [1.29, 1.82) is 0 Å². The van der Waals surface area contributed by atoms with E-state index < -0.39 is 11.8 Å². The van der Waals surface area contributed by atoms with E-state index in [2.05, 4.69) is 0 Å². The standard InChI is InChI=1S/C9H13NO3/c1-6(10)4-7-5-8(11)13-9(2,3)12-7/h4-5H,10H2,1-3H3/b6-4-. The minimum Gasteiger partial charge on any atom is -0.452 e. The van der Waals surface area contributed by atoms with Gasteiger partial charge < -0.3 is 15.2 Å². The Morgan fingerprint density at radius 1 is 1.54 bits per heavy atom. The van der Waals surface area contributed by atoms with Crippen LogP contribution in [0.2, 0.25) is 0 Å². The molecular weight excluding hydrogens is 170 g/mol. The summed E-state index contributed by atoms with van der Waals surface area (Å²) in [6, 6.07) is 0. The second-order valence-electron chi connectivity index (χ2n) is 3.36. The van der Waals surface area contributed by atoms with E-state index in [4.69, 9.17) is 15.2 Å². The lowest BCUT2D eigenvalue weighted by Crippen LogP contribution is -2.34. The minimum absolute atomic E-state index is 0.413. The van der Waals surface area contributed by atoms with Crippen LogP contribution in [-0.2, 0) is 14.3 Å². The lowest BCUT2D eigenvalue weighted by atomic mass is 10.3. The molecule has 0 atom stereocenters. The summed E-state index contributed by atoms with van der Waals surface area (Å²) in [5.74, 6) is -0.891. The second-order valence-corrected chi connectivity index (χ2v) is 3.36. The smallest absolute Gasteiger partial charge is 0.337 e. The summed E-state index contributed by atoms with van der Waals surface area (Å²) >= 11 is 0. The zero-order valence-corrected chi connectivity index (χ0v) is 7.96. The molecule has 0 aliphatic carbocycles. The minimum atomic E-state index is -0.910. The summed E-state index contributed by atoms with van der Waals surface area (Å²) in [7, 11) is 0. The molecule has 0 aromatic heterocycles. The van der Waals surface area contributed by atoms with E-state index in [1.54, 1.807) is 26.8 Å². The monoisotopic (exact) mass is 183 g/mol. The molecule has 0 saturated heterocycles. The molecule has 0 amide bonds. The quantitative estimate of drug-likeness (QED) is 0.617. The van der Waals surface area contributed by atoms with Crippen LogP contribution >= 0.6 is 0 Å². The van der Waals surface area contributed by atoms with Gasteiger partial charge in [0.2, 0.25) is 5.79 Å². The normalized spacial score (nSPS) is 21.6. The molecule has 1 aliphatic rings. The van der Waals surface area contributed by atoms with Crippen molar-refractivity contribution in [2.45, 2.75) is 26.6 Å². The lowest BCUT2D eigenvalue weighted by molar-refractivity contribution is -0.203. The SMILES string of the molecule is C/C(N)=C/C1=CC(=O)OC(C)(C)O1. The number of esters is 1. The first-order valence-corrected chi connectivity index (χ1v) is 3.96. The molecule has 0 fully saturated rings. The molecule has 1 rings (SSSR count). The van der Waals surface area contributed by atoms with Crippen LogP contribution in [0.4, 0.5) is 0 Å². The molecule has 0 unspecified atom stereocenters. The van der Waals surface area contributed by atoms with Gasteiger partial charge in [0.25, 0.3) is 0 Å². The average Bonchev–Trinajstić information content (AvgIpc) is 1.78. The van der Waals surface area contributed by atoms with Gasteiger partial charge in [0.1, 0.15) is 5.76 Å². The third-order valence-corrected chi connectivity index (χ3v) is 1.34. The van der Waals surface area contributed by atoms with Crippen molar-refractivity contribution in [1.82, 2.24) is 0 Å². The zero-order valence-electron chi connectivity index (χ0n) is 7.96. The molecule has 0 radical (unpaired) electrons. The van der Waals surface area contributed by atoms with E-state index in [0.717, 1.165) is 0 Å². The molecule has 1 heterocycles. The highest BCUT2D eigenvalue weighted by Crippen LogP contribution is 2.22. The van der Waals surface area contributed by atoms with E-state index in [1.807, 2.05) is 0 Å². The van der Waals surface area contributed by atoms with Crippen LogP contribution in [0, 0.1) is 0 Å². The van der Waals surface area contributed by atoms with Crippen molar-refractivity contribution in [2.75, 3.05) is 0 Å². The van der Waals surface area contributed by atoms with Crippen LogP contribution in [0.5, 0.6) is 0 Å². The Morgan fingerprint density at radius 2 is 2.15 bits per heavy atom. The van der Waals surface area contributed by atoms with Crippen LogP contribution < -0.4 is 5.73 Å². The number of carbonyl (C=O) groups is 1. The van der Waals surface area contributed by atoms with Gasteiger partial charge in [0.15, 0.2) is 0 Å². The molecule has 13 heavy (non-hydrogen) atoms. The number of cyclic esters (lactones) is 1. The van der Waals surface area contributed by atoms with E-state index in [-0.39, 0.29) is 0 Å². The highest BCUT2D eigenvalue weighted by molar-refractivity contribution is 5.83. The maximum Gasteiger partial charge on any atom is 0.337 e. The first-order valence-electron chi connectivity index (χ1n) is 3.96. The third kappa shape index (κ3) is 2.82. The highest BCUT2D eigenvalue weighted by atomic mass is 16.7. The summed E-state index contributed by atoms with van der Waals surface area (Å²) in [5.41, 5.74) is 6.03. The molecule has 0 aromatic carbocycles. The molecule has 0 aromatic rings. The molecule has 1 aliphatic heterocycles. The van der Waals surface area contributed by atoms with Crippen molar-refractivity contribution >= 4 is 5.97 Å². The van der Waals surface area contributed by atoms with E-state index in [9.17, 15) is 4.79 Å². The Balaban J connectivity index is 2.88. The maximum absolute atomic E-state index is 11.0. The Kier molecular flexibility index (Phi) is 2.32. The van der Waals surface area contributed by atoms with Crippen molar-refractivity contribution in [3.8, 4) is 0 Å². The molecule has 4 heteroatoms. The lowest BCUT2D eigenvalue weighted by Gasteiger charge is -2.29. The van der Waals surface area contributed by atoms with Crippen molar-refractivity contribution in [3.63, 3.8) is 0 Å². The fraction of sp³-hybridized carbons (Fsp3) is 0.444. The zero-order chi connectivity index (χ0) is 10.1. The fourth-order valence-corrected chi connectivity index (χ4v) is 1.02. The molecule has 72 valence electrons. The second kappa shape index (κ2) is 3.12. The molecular formula is C9H13NO3. The largest absolute Gasteiger partial charge is 0.452 e. The summed E-state index contributed by atoms with van der Waals surface area (Å²) in [6.07, 6.45) is 2.85. The maximum atomic E-state index is 11.0. The van der Waals surface area contributed by atoms with E-state index in [1.165, 1.54) is 6.08 Å². The number of allylic oxidation sites excluding steroid dienone is 2. The van der Waals surface area contributed by atoms with Crippen molar-refractivity contribution < 1.29 is 14.3 Å². The van der Waals surface area contributed by atoms with Gasteiger partial charge >= 0.3 is 5.97 Å². The predicted molar refractivity (Wildman–Crippen MR) is 47.3 cm³/mol. The van der Waals surface area contributed by atoms with E-state index >= 15 is 0 Å². The van der Waals surface area contributed by atoms with Crippen molar-refractivity contribution in [2.24, 2.45) is 5.73 Å². The fourth-order valence-electron chi connectivity index (χ4n) is 1.02.